The highest BCUT2D eigenvalue weighted by Crippen LogP contribution is 2.77. The molecule has 0 aromatic rings. The lowest BCUT2D eigenvalue weighted by atomic mass is 9.31. The normalized spacial score (nSPS) is 50.4. The molecule has 4 fully saturated rings. The molecule has 0 spiro atoms. The SMILES string of the molecule is CC(=O)C12CC(C3COC3)(C1)C2. The van der Waals surface area contributed by atoms with E-state index in [0.29, 0.717) is 11.2 Å². The van der Waals surface area contributed by atoms with E-state index >= 15 is 0 Å². The van der Waals surface area contributed by atoms with Gasteiger partial charge >= 0.3 is 0 Å². The Morgan fingerprint density at radius 2 is 1.92 bits per heavy atom. The van der Waals surface area contributed by atoms with Gasteiger partial charge in [-0.05, 0) is 31.6 Å². The smallest absolute Gasteiger partial charge is 0.136 e. The predicted octanol–water partition coefficient (Wildman–Crippen LogP) is 1.39. The largest absolute Gasteiger partial charge is 0.381 e. The number of ketones is 1. The highest BCUT2D eigenvalue weighted by atomic mass is 16.5. The van der Waals surface area contributed by atoms with Gasteiger partial charge in [-0.15, -0.1) is 0 Å². The van der Waals surface area contributed by atoms with Gasteiger partial charge in [-0.3, -0.25) is 4.79 Å². The van der Waals surface area contributed by atoms with Crippen LogP contribution in [0.3, 0.4) is 0 Å². The summed E-state index contributed by atoms with van der Waals surface area (Å²) >= 11 is 0. The van der Waals surface area contributed by atoms with E-state index in [0.717, 1.165) is 19.1 Å². The van der Waals surface area contributed by atoms with Crippen LogP contribution in [0.5, 0.6) is 0 Å². The highest BCUT2D eigenvalue weighted by molar-refractivity contribution is 5.86. The van der Waals surface area contributed by atoms with E-state index in [1.54, 1.807) is 6.92 Å². The van der Waals surface area contributed by atoms with Crippen molar-refractivity contribution in [3.63, 3.8) is 0 Å². The molecule has 0 radical (unpaired) electrons. The molecule has 0 N–H and O–H groups in total. The van der Waals surface area contributed by atoms with Gasteiger partial charge < -0.3 is 4.74 Å². The Morgan fingerprint density at radius 1 is 1.33 bits per heavy atom. The van der Waals surface area contributed by atoms with Gasteiger partial charge in [0.05, 0.1) is 13.2 Å². The van der Waals surface area contributed by atoms with Crippen molar-refractivity contribution in [1.29, 1.82) is 0 Å². The van der Waals surface area contributed by atoms with E-state index in [1.807, 2.05) is 0 Å². The lowest BCUT2D eigenvalue weighted by Gasteiger charge is -2.73. The van der Waals surface area contributed by atoms with Gasteiger partial charge in [0.1, 0.15) is 5.78 Å². The molecule has 0 unspecified atom stereocenters. The van der Waals surface area contributed by atoms with Gasteiger partial charge in [-0.2, -0.15) is 0 Å². The van der Waals surface area contributed by atoms with Crippen LogP contribution in [0.4, 0.5) is 0 Å². The zero-order valence-electron chi connectivity index (χ0n) is 7.43. The van der Waals surface area contributed by atoms with Gasteiger partial charge in [0, 0.05) is 11.3 Å². The first-order chi connectivity index (χ1) is 5.67. The lowest BCUT2D eigenvalue weighted by molar-refractivity contribution is -0.267. The van der Waals surface area contributed by atoms with Crippen LogP contribution in [0, 0.1) is 16.7 Å². The first-order valence-electron chi connectivity index (χ1n) is 4.76. The van der Waals surface area contributed by atoms with Crippen LogP contribution in [0.25, 0.3) is 0 Å². The van der Waals surface area contributed by atoms with Crippen molar-refractivity contribution in [3.8, 4) is 0 Å². The second-order valence-corrected chi connectivity index (χ2v) is 4.96. The molecule has 3 saturated carbocycles. The van der Waals surface area contributed by atoms with Crippen molar-refractivity contribution in [3.05, 3.63) is 0 Å². The second kappa shape index (κ2) is 1.77. The number of rotatable bonds is 2. The molecule has 0 aromatic carbocycles. The average Bonchev–Trinajstić information content (AvgIpc) is 1.66. The van der Waals surface area contributed by atoms with Crippen molar-refractivity contribution >= 4 is 5.78 Å². The molecule has 66 valence electrons. The Morgan fingerprint density at radius 3 is 2.25 bits per heavy atom. The summed E-state index contributed by atoms with van der Waals surface area (Å²) in [6.07, 6.45) is 3.51. The first kappa shape index (κ1) is 7.07. The average molecular weight is 166 g/mol. The molecule has 2 bridgehead atoms. The third kappa shape index (κ3) is 0.565. The van der Waals surface area contributed by atoms with Crippen LogP contribution >= 0.6 is 0 Å². The van der Waals surface area contributed by atoms with E-state index in [1.165, 1.54) is 19.3 Å². The molecule has 1 saturated heterocycles. The fourth-order valence-corrected chi connectivity index (χ4v) is 3.26. The molecule has 4 aliphatic rings. The maximum atomic E-state index is 11.2. The number of Topliss-reactive ketones (excluding diaryl/α,β-unsaturated/α-hetero) is 1. The highest BCUT2D eigenvalue weighted by Gasteiger charge is 2.72. The summed E-state index contributed by atoms with van der Waals surface area (Å²) in [5.74, 6) is 1.21. The van der Waals surface area contributed by atoms with E-state index < -0.39 is 0 Å². The molecular formula is C10H14O2. The Balaban J connectivity index is 1.70. The molecule has 3 aliphatic carbocycles. The molecule has 4 rings (SSSR count). The van der Waals surface area contributed by atoms with Crippen molar-refractivity contribution in [2.24, 2.45) is 16.7 Å². The van der Waals surface area contributed by atoms with Crippen molar-refractivity contribution in [1.82, 2.24) is 0 Å². The third-order valence-corrected chi connectivity index (χ3v) is 4.32. The molecule has 0 aromatic heterocycles. The molecule has 2 heteroatoms. The lowest BCUT2D eigenvalue weighted by Crippen LogP contribution is -2.70. The zero-order valence-corrected chi connectivity index (χ0v) is 7.43. The van der Waals surface area contributed by atoms with Crippen LogP contribution in [0.2, 0.25) is 0 Å². The van der Waals surface area contributed by atoms with Gasteiger partial charge in [0.25, 0.3) is 0 Å². The summed E-state index contributed by atoms with van der Waals surface area (Å²) in [5, 5.41) is 0. The second-order valence-electron chi connectivity index (χ2n) is 4.96. The Bertz CT molecular complexity index is 233. The third-order valence-electron chi connectivity index (χ3n) is 4.32. The quantitative estimate of drug-likeness (QED) is 0.619. The molecular weight excluding hydrogens is 152 g/mol. The maximum absolute atomic E-state index is 11.2. The van der Waals surface area contributed by atoms with Gasteiger partial charge in [-0.1, -0.05) is 0 Å². The monoisotopic (exact) mass is 166 g/mol. The summed E-state index contributed by atoms with van der Waals surface area (Å²) in [6, 6.07) is 0. The Hall–Kier alpha value is -0.370. The summed E-state index contributed by atoms with van der Waals surface area (Å²) in [4.78, 5) is 11.2. The maximum Gasteiger partial charge on any atom is 0.136 e. The Kier molecular flexibility index (Phi) is 1.04. The number of carbonyl (C=O) groups excluding carboxylic acids is 1. The molecule has 1 heterocycles. The molecule has 0 atom stereocenters. The molecule has 2 nitrogen and oxygen atoms in total. The van der Waals surface area contributed by atoms with Crippen molar-refractivity contribution in [2.45, 2.75) is 26.2 Å². The Labute approximate surface area is 72.3 Å². The van der Waals surface area contributed by atoms with Gasteiger partial charge in [-0.25, -0.2) is 0 Å². The number of carbonyl (C=O) groups is 1. The topological polar surface area (TPSA) is 26.3 Å². The molecule has 1 aliphatic heterocycles. The van der Waals surface area contributed by atoms with E-state index in [4.69, 9.17) is 4.74 Å². The van der Waals surface area contributed by atoms with Gasteiger partial charge in [0.15, 0.2) is 0 Å². The van der Waals surface area contributed by atoms with Crippen molar-refractivity contribution in [2.75, 3.05) is 13.2 Å². The minimum Gasteiger partial charge on any atom is -0.381 e. The van der Waals surface area contributed by atoms with Crippen LogP contribution in [0.15, 0.2) is 0 Å². The summed E-state index contributed by atoms with van der Waals surface area (Å²) < 4.78 is 5.19. The minimum atomic E-state index is 0.148. The summed E-state index contributed by atoms with van der Waals surface area (Å²) in [6.45, 7) is 3.66. The fourth-order valence-electron chi connectivity index (χ4n) is 3.26. The van der Waals surface area contributed by atoms with Crippen LogP contribution in [-0.2, 0) is 9.53 Å². The standard InChI is InChI=1S/C10H14O2/c1-7(11)9-4-10(5-9,6-9)8-2-12-3-8/h8H,2-6H2,1H3. The zero-order chi connectivity index (χ0) is 8.40. The number of hydrogen-bond donors (Lipinski definition) is 0. The van der Waals surface area contributed by atoms with Crippen LogP contribution in [-0.4, -0.2) is 19.0 Å². The van der Waals surface area contributed by atoms with Crippen molar-refractivity contribution < 1.29 is 9.53 Å². The van der Waals surface area contributed by atoms with Crippen LogP contribution < -0.4 is 0 Å². The predicted molar refractivity (Wildman–Crippen MR) is 43.7 cm³/mol. The van der Waals surface area contributed by atoms with Crippen LogP contribution in [0.1, 0.15) is 26.2 Å². The number of hydrogen-bond acceptors (Lipinski definition) is 2. The molecule has 0 amide bonds. The van der Waals surface area contributed by atoms with E-state index in [-0.39, 0.29) is 5.41 Å². The van der Waals surface area contributed by atoms with E-state index in [9.17, 15) is 4.79 Å². The first-order valence-corrected chi connectivity index (χ1v) is 4.76. The minimum absolute atomic E-state index is 0.148. The van der Waals surface area contributed by atoms with Gasteiger partial charge in [0.2, 0.25) is 0 Å². The summed E-state index contributed by atoms with van der Waals surface area (Å²) in [5.41, 5.74) is 0.708. The van der Waals surface area contributed by atoms with E-state index in [2.05, 4.69) is 0 Å². The number of ether oxygens (including phenoxy) is 1. The fraction of sp³-hybridized carbons (Fsp3) is 0.900. The molecule has 12 heavy (non-hydrogen) atoms. The summed E-state index contributed by atoms with van der Waals surface area (Å²) in [7, 11) is 0.